The van der Waals surface area contributed by atoms with Gasteiger partial charge < -0.3 is 14.8 Å². The maximum Gasteiger partial charge on any atom is 0.573 e. The monoisotopic (exact) mass is 426 g/mol. The lowest BCUT2D eigenvalue weighted by Gasteiger charge is -2.14. The number of nitrogens with zero attached hydrogens (tertiary/aromatic N) is 1. The average Bonchev–Trinajstić information content (AvgIpc) is 2.64. The van der Waals surface area contributed by atoms with E-state index in [1.165, 1.54) is 12.1 Å². The van der Waals surface area contributed by atoms with Crippen molar-refractivity contribution in [3.8, 4) is 17.2 Å². The Kier molecular flexibility index (Phi) is 6.21. The van der Waals surface area contributed by atoms with E-state index in [0.29, 0.717) is 22.1 Å². The molecule has 4 nitrogen and oxygen atoms in total. The number of benzene rings is 2. The fraction of sp³-hybridized carbons (Fsp3) is 0.105. The summed E-state index contributed by atoms with van der Waals surface area (Å²) < 4.78 is 46.8. The molecule has 3 aromatic rings. The molecule has 1 heterocycles. The highest BCUT2D eigenvalue weighted by Crippen LogP contribution is 2.31. The Labute approximate surface area is 169 Å². The summed E-state index contributed by atoms with van der Waals surface area (Å²) >= 11 is 10.5. The first kappa shape index (κ1) is 20.2. The topological polar surface area (TPSA) is 43.4 Å². The van der Waals surface area contributed by atoms with Gasteiger partial charge >= 0.3 is 6.36 Å². The van der Waals surface area contributed by atoms with Crippen LogP contribution in [0.5, 0.6) is 17.2 Å². The van der Waals surface area contributed by atoms with E-state index in [-0.39, 0.29) is 17.3 Å². The Morgan fingerprint density at radius 2 is 1.82 bits per heavy atom. The van der Waals surface area contributed by atoms with Gasteiger partial charge in [0.25, 0.3) is 0 Å². The Bertz CT molecular complexity index is 956. The van der Waals surface area contributed by atoms with Gasteiger partial charge in [-0.3, -0.25) is 4.98 Å². The molecule has 0 aliphatic carbocycles. The lowest BCUT2D eigenvalue weighted by Crippen LogP contribution is -2.17. The van der Waals surface area contributed by atoms with Crippen LogP contribution >= 0.6 is 24.2 Å². The zero-order valence-electron chi connectivity index (χ0n) is 14.2. The van der Waals surface area contributed by atoms with E-state index < -0.39 is 6.36 Å². The molecule has 1 N–H and O–H groups in total. The van der Waals surface area contributed by atoms with Crippen LogP contribution in [0.4, 0.5) is 18.9 Å². The van der Waals surface area contributed by atoms with Crippen LogP contribution in [0.3, 0.4) is 0 Å². The Morgan fingerprint density at radius 3 is 2.54 bits per heavy atom. The average molecular weight is 427 g/mol. The maximum atomic E-state index is 12.4. The first-order chi connectivity index (χ1) is 13.3. The van der Waals surface area contributed by atoms with Gasteiger partial charge in [0, 0.05) is 23.7 Å². The first-order valence-electron chi connectivity index (χ1n) is 7.99. The molecule has 2 aromatic carbocycles. The summed E-state index contributed by atoms with van der Waals surface area (Å²) in [6, 6.07) is 12.5. The summed E-state index contributed by atoms with van der Waals surface area (Å²) in [7, 11) is 0. The number of hydrogen-bond acceptors (Lipinski definition) is 5. The van der Waals surface area contributed by atoms with Crippen LogP contribution in [0.1, 0.15) is 5.56 Å². The molecule has 0 aliphatic rings. The Hall–Kier alpha value is -2.58. The second-order valence-corrected chi connectivity index (χ2v) is 6.51. The Morgan fingerprint density at radius 1 is 1.04 bits per heavy atom. The minimum absolute atomic E-state index is 0.262. The van der Waals surface area contributed by atoms with Gasteiger partial charge in [-0.1, -0.05) is 11.6 Å². The highest BCUT2D eigenvalue weighted by molar-refractivity contribution is 7.80. The van der Waals surface area contributed by atoms with Gasteiger partial charge in [-0.25, -0.2) is 0 Å². The zero-order chi connectivity index (χ0) is 20.1. The molecule has 0 amide bonds. The van der Waals surface area contributed by atoms with Crippen LogP contribution in [0, 0.1) is 0 Å². The van der Waals surface area contributed by atoms with E-state index in [9.17, 15) is 13.2 Å². The lowest BCUT2D eigenvalue weighted by atomic mass is 10.2. The molecule has 0 fully saturated rings. The van der Waals surface area contributed by atoms with Crippen molar-refractivity contribution in [2.75, 3.05) is 5.32 Å². The van der Waals surface area contributed by atoms with E-state index in [1.807, 2.05) is 0 Å². The van der Waals surface area contributed by atoms with Gasteiger partial charge in [0.2, 0.25) is 0 Å². The smallest absolute Gasteiger partial charge is 0.456 e. The second kappa shape index (κ2) is 8.62. The van der Waals surface area contributed by atoms with E-state index in [0.717, 1.165) is 11.6 Å². The van der Waals surface area contributed by atoms with Gasteiger partial charge in [-0.15, -0.1) is 25.8 Å². The minimum atomic E-state index is -4.78. The van der Waals surface area contributed by atoms with Crippen molar-refractivity contribution in [1.29, 1.82) is 0 Å². The summed E-state index contributed by atoms with van der Waals surface area (Å²) in [4.78, 5) is 4.67. The molecular weight excluding hydrogens is 413 g/mol. The standard InChI is InChI=1S/C19H14ClF3N2O2S/c20-16-5-3-14(27-19(21,22)23)9-17(16)25-10-12-8-13(4-6-18(12)28)26-15-2-1-7-24-11-15/h1-9,11,25,28H,10H2. The third-order valence-corrected chi connectivity index (χ3v) is 4.33. The summed E-state index contributed by atoms with van der Waals surface area (Å²) in [5.74, 6) is 0.787. The number of hydrogen-bond donors (Lipinski definition) is 2. The van der Waals surface area contributed by atoms with E-state index in [2.05, 4.69) is 27.7 Å². The van der Waals surface area contributed by atoms with Crippen molar-refractivity contribution in [2.45, 2.75) is 17.8 Å². The van der Waals surface area contributed by atoms with Crippen molar-refractivity contribution in [1.82, 2.24) is 4.98 Å². The number of halogens is 4. The number of nitrogens with one attached hydrogen (secondary N) is 1. The molecule has 0 aliphatic heterocycles. The summed E-state index contributed by atoms with van der Waals surface area (Å²) in [5, 5.41) is 3.25. The fourth-order valence-corrected chi connectivity index (χ4v) is 2.74. The summed E-state index contributed by atoms with van der Waals surface area (Å²) in [6.45, 7) is 0.262. The predicted molar refractivity (Wildman–Crippen MR) is 103 cm³/mol. The normalized spacial score (nSPS) is 11.2. The van der Waals surface area contributed by atoms with Gasteiger partial charge in [0.1, 0.15) is 17.2 Å². The van der Waals surface area contributed by atoms with Crippen molar-refractivity contribution in [3.05, 3.63) is 71.5 Å². The van der Waals surface area contributed by atoms with Crippen LogP contribution in [-0.2, 0) is 6.54 Å². The van der Waals surface area contributed by atoms with E-state index in [4.69, 9.17) is 16.3 Å². The van der Waals surface area contributed by atoms with Crippen LogP contribution in [0.15, 0.2) is 65.8 Å². The van der Waals surface area contributed by atoms with Crippen LogP contribution in [0.25, 0.3) is 0 Å². The van der Waals surface area contributed by atoms with Crippen molar-refractivity contribution in [3.63, 3.8) is 0 Å². The SMILES string of the molecule is FC(F)(F)Oc1ccc(Cl)c(NCc2cc(Oc3cccnc3)ccc2S)c1. The molecule has 1 aromatic heterocycles. The van der Waals surface area contributed by atoms with Crippen LogP contribution in [0.2, 0.25) is 5.02 Å². The number of ether oxygens (including phenoxy) is 2. The van der Waals surface area contributed by atoms with Gasteiger partial charge in [-0.2, -0.15) is 0 Å². The third kappa shape index (κ3) is 5.71. The molecular formula is C19H14ClF3N2O2S. The molecule has 28 heavy (non-hydrogen) atoms. The van der Waals surface area contributed by atoms with Crippen molar-refractivity contribution in [2.24, 2.45) is 0 Å². The second-order valence-electron chi connectivity index (χ2n) is 5.62. The van der Waals surface area contributed by atoms with Crippen LogP contribution < -0.4 is 14.8 Å². The summed E-state index contributed by atoms with van der Waals surface area (Å²) in [5.41, 5.74) is 1.07. The number of anilines is 1. The molecule has 0 radical (unpaired) electrons. The molecule has 3 rings (SSSR count). The lowest BCUT2D eigenvalue weighted by molar-refractivity contribution is -0.274. The van der Waals surface area contributed by atoms with Crippen LogP contribution in [-0.4, -0.2) is 11.3 Å². The number of rotatable bonds is 6. The quantitative estimate of drug-likeness (QED) is 0.452. The molecule has 0 saturated carbocycles. The van der Waals surface area contributed by atoms with E-state index in [1.54, 1.807) is 42.7 Å². The molecule has 146 valence electrons. The van der Waals surface area contributed by atoms with Gasteiger partial charge in [0.05, 0.1) is 16.9 Å². The number of pyridine rings is 1. The van der Waals surface area contributed by atoms with Crippen molar-refractivity contribution >= 4 is 29.9 Å². The first-order valence-corrected chi connectivity index (χ1v) is 8.81. The molecule has 0 saturated heterocycles. The number of aromatic nitrogens is 1. The Balaban J connectivity index is 1.73. The molecule has 0 spiro atoms. The number of alkyl halides is 3. The zero-order valence-corrected chi connectivity index (χ0v) is 15.9. The fourth-order valence-electron chi connectivity index (χ4n) is 2.34. The third-order valence-electron chi connectivity index (χ3n) is 3.56. The minimum Gasteiger partial charge on any atom is -0.456 e. The molecule has 0 atom stereocenters. The van der Waals surface area contributed by atoms with E-state index >= 15 is 0 Å². The predicted octanol–water partition coefficient (Wildman–Crippen LogP) is 6.33. The highest BCUT2D eigenvalue weighted by Gasteiger charge is 2.31. The maximum absolute atomic E-state index is 12.4. The van der Waals surface area contributed by atoms with Gasteiger partial charge in [-0.05, 0) is 48.0 Å². The van der Waals surface area contributed by atoms with Gasteiger partial charge in [0.15, 0.2) is 0 Å². The highest BCUT2D eigenvalue weighted by atomic mass is 35.5. The molecule has 0 unspecified atom stereocenters. The molecule has 9 heteroatoms. The number of thiol groups is 1. The summed E-state index contributed by atoms with van der Waals surface area (Å²) in [6.07, 6.45) is -1.56. The largest absolute Gasteiger partial charge is 0.573 e. The molecule has 0 bridgehead atoms. The van der Waals surface area contributed by atoms with Crippen molar-refractivity contribution < 1.29 is 22.6 Å².